The molecule has 2 heterocycles. The highest BCUT2D eigenvalue weighted by atomic mass is 16.2. The van der Waals surface area contributed by atoms with Gasteiger partial charge in [-0.2, -0.15) is 0 Å². The molecular formula is C25H33N3O3. The summed E-state index contributed by atoms with van der Waals surface area (Å²) in [5, 5.41) is 2.95. The van der Waals surface area contributed by atoms with Gasteiger partial charge in [0, 0.05) is 5.56 Å². The number of carbonyl (C=O) groups excluding carboxylic acids is 3. The number of hydrogen-bond acceptors (Lipinski definition) is 3. The normalized spacial score (nSPS) is 25.7. The molecule has 0 unspecified atom stereocenters. The number of urea groups is 1. The Kier molecular flexibility index (Phi) is 5.23. The summed E-state index contributed by atoms with van der Waals surface area (Å²) >= 11 is 0. The number of carbonyl (C=O) groups is 3. The van der Waals surface area contributed by atoms with E-state index in [1.807, 2.05) is 26.8 Å². The van der Waals surface area contributed by atoms with Gasteiger partial charge < -0.3 is 5.32 Å². The fraction of sp³-hybridized carbons (Fsp3) is 0.560. The molecule has 3 atom stereocenters. The molecule has 1 aromatic carbocycles. The number of anilines is 1. The molecule has 4 amide bonds. The Morgan fingerprint density at radius 1 is 1.03 bits per heavy atom. The van der Waals surface area contributed by atoms with Crippen LogP contribution >= 0.6 is 0 Å². The number of fused-ring (bicyclic) bond motifs is 2. The Labute approximate surface area is 184 Å². The van der Waals surface area contributed by atoms with Crippen molar-refractivity contribution in [2.75, 3.05) is 4.90 Å². The van der Waals surface area contributed by atoms with Crippen LogP contribution in [0.1, 0.15) is 70.1 Å². The second kappa shape index (κ2) is 7.50. The molecule has 1 saturated heterocycles. The molecule has 0 bridgehead atoms. The fourth-order valence-corrected chi connectivity index (χ4v) is 5.53. The molecule has 6 nitrogen and oxygen atoms in total. The number of rotatable bonds is 2. The Morgan fingerprint density at radius 3 is 2.16 bits per heavy atom. The lowest BCUT2D eigenvalue weighted by Gasteiger charge is -2.42. The van der Waals surface area contributed by atoms with Gasteiger partial charge in [-0.1, -0.05) is 18.9 Å². The highest BCUT2D eigenvalue weighted by Crippen LogP contribution is 2.41. The number of imide groups is 1. The first-order valence-electron chi connectivity index (χ1n) is 11.3. The number of hydrogen-bond donors (Lipinski definition) is 1. The zero-order chi connectivity index (χ0) is 22.7. The average Bonchev–Trinajstić information content (AvgIpc) is 2.94. The molecule has 4 rings (SSSR count). The molecule has 1 aromatic rings. The summed E-state index contributed by atoms with van der Waals surface area (Å²) in [5.74, 6) is -0.709. The van der Waals surface area contributed by atoms with Gasteiger partial charge in [0.05, 0.1) is 23.1 Å². The third-order valence-corrected chi connectivity index (χ3v) is 7.22. The average molecular weight is 424 g/mol. The minimum Gasteiger partial charge on any atom is -0.317 e. The number of likely N-dealkylation sites (tertiary alicyclic amines) is 1. The van der Waals surface area contributed by atoms with E-state index in [-0.39, 0.29) is 29.7 Å². The van der Waals surface area contributed by atoms with Crippen molar-refractivity contribution >= 4 is 29.1 Å². The van der Waals surface area contributed by atoms with Crippen LogP contribution in [0.15, 0.2) is 18.2 Å². The predicted molar refractivity (Wildman–Crippen MR) is 121 cm³/mol. The van der Waals surface area contributed by atoms with E-state index in [0.29, 0.717) is 0 Å². The van der Waals surface area contributed by atoms with Crippen molar-refractivity contribution in [3.63, 3.8) is 0 Å². The molecule has 0 spiro atoms. The van der Waals surface area contributed by atoms with Crippen molar-refractivity contribution in [3.8, 4) is 0 Å². The Hall–Kier alpha value is -2.63. The number of nitrogens with one attached hydrogen (secondary N) is 1. The largest absolute Gasteiger partial charge is 0.324 e. The Morgan fingerprint density at radius 2 is 1.58 bits per heavy atom. The molecule has 1 aliphatic carbocycles. The van der Waals surface area contributed by atoms with Crippen molar-refractivity contribution in [3.05, 3.63) is 34.9 Å². The second-order valence-electron chi connectivity index (χ2n) is 9.94. The van der Waals surface area contributed by atoms with Crippen LogP contribution in [-0.2, 0) is 9.59 Å². The molecule has 166 valence electrons. The van der Waals surface area contributed by atoms with Gasteiger partial charge in [-0.25, -0.2) is 4.79 Å². The van der Waals surface area contributed by atoms with Gasteiger partial charge in [-0.3, -0.25) is 19.4 Å². The van der Waals surface area contributed by atoms with E-state index in [9.17, 15) is 14.4 Å². The van der Waals surface area contributed by atoms with Crippen LogP contribution in [0.2, 0.25) is 0 Å². The van der Waals surface area contributed by atoms with Gasteiger partial charge in [0.25, 0.3) is 0 Å². The SMILES string of the molecule is CC1=CC(C)(C)N(C(=O)N[C@@H](C)N2C(=O)[C@H]3CCCC[C@@H]3C2=O)c2cc(C)c(C)cc21. The third kappa shape index (κ3) is 3.46. The monoisotopic (exact) mass is 423 g/mol. The number of nitrogens with zero attached hydrogens (tertiary/aromatic N) is 2. The van der Waals surface area contributed by atoms with Crippen LogP contribution in [0.25, 0.3) is 5.57 Å². The second-order valence-corrected chi connectivity index (χ2v) is 9.94. The number of amides is 4. The van der Waals surface area contributed by atoms with Crippen molar-refractivity contribution < 1.29 is 14.4 Å². The lowest BCUT2D eigenvalue weighted by atomic mass is 9.81. The highest BCUT2D eigenvalue weighted by molar-refractivity contribution is 6.06. The standard InChI is InChI=1S/C25H33N3O3/c1-14-11-20-16(3)13-25(5,6)28(21(20)12-15(14)2)24(31)26-17(4)27-22(29)18-9-7-8-10-19(18)23(27)30/h11-13,17-19H,7-10H2,1-6H3,(H,26,31)/t17-,18+,19+/m1/s1. The first kappa shape index (κ1) is 21.6. The summed E-state index contributed by atoms with van der Waals surface area (Å²) in [6.07, 6.45) is 4.91. The van der Waals surface area contributed by atoms with Gasteiger partial charge >= 0.3 is 6.03 Å². The van der Waals surface area contributed by atoms with Crippen LogP contribution < -0.4 is 10.2 Å². The lowest BCUT2D eigenvalue weighted by molar-refractivity contribution is -0.142. The summed E-state index contributed by atoms with van der Waals surface area (Å²) in [6.45, 7) is 11.9. The van der Waals surface area contributed by atoms with Crippen molar-refractivity contribution in [2.45, 2.75) is 78.9 Å². The quantitative estimate of drug-likeness (QED) is 0.710. The smallest absolute Gasteiger partial charge is 0.317 e. The van der Waals surface area contributed by atoms with Gasteiger partial charge in [-0.15, -0.1) is 0 Å². The molecule has 0 aromatic heterocycles. The van der Waals surface area contributed by atoms with E-state index in [1.165, 1.54) is 10.5 Å². The number of benzene rings is 1. The molecule has 1 saturated carbocycles. The van der Waals surface area contributed by atoms with Gasteiger partial charge in [-0.05, 0) is 83.2 Å². The molecule has 6 heteroatoms. The van der Waals surface area contributed by atoms with E-state index < -0.39 is 11.7 Å². The molecule has 2 fully saturated rings. The van der Waals surface area contributed by atoms with Crippen molar-refractivity contribution in [1.29, 1.82) is 0 Å². The molecule has 0 radical (unpaired) electrons. The molecule has 3 aliphatic rings. The summed E-state index contributed by atoms with van der Waals surface area (Å²) in [4.78, 5) is 42.4. The third-order valence-electron chi connectivity index (χ3n) is 7.22. The van der Waals surface area contributed by atoms with E-state index in [2.05, 4.69) is 31.3 Å². The first-order valence-corrected chi connectivity index (χ1v) is 11.3. The summed E-state index contributed by atoms with van der Waals surface area (Å²) in [5.41, 5.74) is 4.76. The topological polar surface area (TPSA) is 69.7 Å². The van der Waals surface area contributed by atoms with Gasteiger partial charge in [0.2, 0.25) is 11.8 Å². The first-order chi connectivity index (χ1) is 14.5. The Balaban J connectivity index is 1.62. The van der Waals surface area contributed by atoms with E-state index in [1.54, 1.807) is 11.8 Å². The van der Waals surface area contributed by atoms with E-state index in [4.69, 9.17) is 0 Å². The number of aryl methyl sites for hydroxylation is 2. The summed E-state index contributed by atoms with van der Waals surface area (Å²) in [6, 6.07) is 3.86. The zero-order valence-corrected chi connectivity index (χ0v) is 19.4. The highest BCUT2D eigenvalue weighted by Gasteiger charge is 2.50. The van der Waals surface area contributed by atoms with Crippen molar-refractivity contribution in [2.24, 2.45) is 11.8 Å². The summed E-state index contributed by atoms with van der Waals surface area (Å²) < 4.78 is 0. The summed E-state index contributed by atoms with van der Waals surface area (Å²) in [7, 11) is 0. The molecule has 1 N–H and O–H groups in total. The Bertz CT molecular complexity index is 970. The van der Waals surface area contributed by atoms with Gasteiger partial charge in [0.15, 0.2) is 0 Å². The molecule has 2 aliphatic heterocycles. The van der Waals surface area contributed by atoms with Crippen molar-refractivity contribution in [1.82, 2.24) is 10.2 Å². The molecule has 31 heavy (non-hydrogen) atoms. The van der Waals surface area contributed by atoms with Crippen LogP contribution in [0.5, 0.6) is 0 Å². The minimum absolute atomic E-state index is 0.136. The maximum absolute atomic E-state index is 13.5. The maximum atomic E-state index is 13.5. The van der Waals surface area contributed by atoms with Crippen LogP contribution in [0.4, 0.5) is 10.5 Å². The maximum Gasteiger partial charge on any atom is 0.324 e. The van der Waals surface area contributed by atoms with Crippen LogP contribution in [0.3, 0.4) is 0 Å². The van der Waals surface area contributed by atoms with Gasteiger partial charge in [0.1, 0.15) is 6.17 Å². The molecular weight excluding hydrogens is 390 g/mol. The minimum atomic E-state index is -0.684. The van der Waals surface area contributed by atoms with E-state index in [0.717, 1.165) is 48.1 Å². The van der Waals surface area contributed by atoms with Crippen LogP contribution in [0, 0.1) is 25.7 Å². The van der Waals surface area contributed by atoms with E-state index >= 15 is 0 Å². The van der Waals surface area contributed by atoms with Crippen LogP contribution in [-0.4, -0.2) is 34.5 Å². The number of allylic oxidation sites excluding steroid dienone is 1. The zero-order valence-electron chi connectivity index (χ0n) is 19.4. The lowest BCUT2D eigenvalue weighted by Crippen LogP contribution is -2.58. The fourth-order valence-electron chi connectivity index (χ4n) is 5.53. The predicted octanol–water partition coefficient (Wildman–Crippen LogP) is 4.54.